The summed E-state index contributed by atoms with van der Waals surface area (Å²) >= 11 is 0. The number of halogens is 3. The van der Waals surface area contributed by atoms with Crippen molar-refractivity contribution in [3.63, 3.8) is 0 Å². The lowest BCUT2D eigenvalue weighted by Gasteiger charge is -2.22. The zero-order chi connectivity index (χ0) is 19.8. The monoisotopic (exact) mass is 387 g/mol. The van der Waals surface area contributed by atoms with Crippen LogP contribution in [0.4, 0.5) is 18.9 Å². The summed E-state index contributed by atoms with van der Waals surface area (Å²) in [7, 11) is -3.12. The second kappa shape index (κ2) is 6.83. The molecule has 4 nitrogen and oxygen atoms in total. The summed E-state index contributed by atoms with van der Waals surface area (Å²) in [5.74, 6) is 0.214. The Morgan fingerprint density at radius 2 is 1.62 bits per heavy atom. The highest BCUT2D eigenvalue weighted by Crippen LogP contribution is 2.36. The van der Waals surface area contributed by atoms with Crippen LogP contribution in [0.5, 0.6) is 5.75 Å². The van der Waals surface area contributed by atoms with Crippen LogP contribution in [0.15, 0.2) is 47.4 Å². The maximum atomic E-state index is 13.2. The molecule has 0 bridgehead atoms. The van der Waals surface area contributed by atoms with Gasteiger partial charge < -0.3 is 4.74 Å². The molecule has 0 fully saturated rings. The van der Waals surface area contributed by atoms with Crippen LogP contribution in [0.25, 0.3) is 0 Å². The van der Waals surface area contributed by atoms with E-state index in [4.69, 9.17) is 4.74 Å². The number of rotatable bonds is 4. The molecule has 2 rings (SSSR count). The Hall–Kier alpha value is -2.22. The van der Waals surface area contributed by atoms with Crippen molar-refractivity contribution in [3.8, 4) is 5.75 Å². The number of hydrogen-bond acceptors (Lipinski definition) is 3. The highest BCUT2D eigenvalue weighted by Gasteiger charge is 2.37. The van der Waals surface area contributed by atoms with Crippen LogP contribution < -0.4 is 9.46 Å². The standard InChI is InChI=1S/C18H20F3NO3S/c1-17(2,3)12-9-10-15(25-4)14(11-12)22-26(23,24)16-8-6-5-7-13(16)18(19,20)21/h5-11,22H,1-4H3. The minimum absolute atomic E-state index is 0.0805. The lowest BCUT2D eigenvalue weighted by atomic mass is 9.87. The van der Waals surface area contributed by atoms with E-state index < -0.39 is 26.7 Å². The fourth-order valence-electron chi connectivity index (χ4n) is 2.39. The lowest BCUT2D eigenvalue weighted by Crippen LogP contribution is -2.20. The van der Waals surface area contributed by atoms with Gasteiger partial charge in [0.1, 0.15) is 5.75 Å². The number of ether oxygens (including phenoxy) is 1. The van der Waals surface area contributed by atoms with E-state index >= 15 is 0 Å². The van der Waals surface area contributed by atoms with Gasteiger partial charge in [-0.25, -0.2) is 8.42 Å². The van der Waals surface area contributed by atoms with Gasteiger partial charge in [0.15, 0.2) is 0 Å². The van der Waals surface area contributed by atoms with E-state index in [0.717, 1.165) is 23.8 Å². The first-order valence-corrected chi connectivity index (χ1v) is 9.22. The molecule has 0 aliphatic carbocycles. The van der Waals surface area contributed by atoms with Crippen LogP contribution in [0.2, 0.25) is 0 Å². The van der Waals surface area contributed by atoms with Gasteiger partial charge in [0.05, 0.1) is 23.3 Å². The molecule has 2 aromatic carbocycles. The predicted molar refractivity (Wildman–Crippen MR) is 93.9 cm³/mol. The summed E-state index contributed by atoms with van der Waals surface area (Å²) in [6.45, 7) is 5.81. The van der Waals surface area contributed by atoms with Crippen molar-refractivity contribution in [1.29, 1.82) is 0 Å². The molecule has 0 amide bonds. The first-order valence-electron chi connectivity index (χ1n) is 7.74. The van der Waals surface area contributed by atoms with E-state index in [1.54, 1.807) is 18.2 Å². The third-order valence-electron chi connectivity index (χ3n) is 3.79. The van der Waals surface area contributed by atoms with E-state index in [1.807, 2.05) is 20.8 Å². The van der Waals surface area contributed by atoms with Crippen LogP contribution in [0, 0.1) is 0 Å². The maximum absolute atomic E-state index is 13.2. The molecule has 26 heavy (non-hydrogen) atoms. The largest absolute Gasteiger partial charge is 0.495 e. The van der Waals surface area contributed by atoms with Gasteiger partial charge in [0, 0.05) is 0 Å². The van der Waals surface area contributed by atoms with E-state index in [1.165, 1.54) is 13.2 Å². The zero-order valence-electron chi connectivity index (χ0n) is 14.8. The van der Waals surface area contributed by atoms with Gasteiger partial charge >= 0.3 is 6.18 Å². The summed E-state index contributed by atoms with van der Waals surface area (Å²) in [6.07, 6.45) is -4.79. The highest BCUT2D eigenvalue weighted by molar-refractivity contribution is 7.92. The topological polar surface area (TPSA) is 55.4 Å². The molecule has 0 saturated heterocycles. The Morgan fingerprint density at radius 3 is 2.15 bits per heavy atom. The Morgan fingerprint density at radius 1 is 1.00 bits per heavy atom. The number of sulfonamides is 1. The van der Waals surface area contributed by atoms with Crippen molar-refractivity contribution < 1.29 is 26.3 Å². The Labute approximate surface area is 151 Å². The fraction of sp³-hybridized carbons (Fsp3) is 0.333. The van der Waals surface area contributed by atoms with Gasteiger partial charge in [-0.15, -0.1) is 0 Å². The molecular formula is C18H20F3NO3S. The van der Waals surface area contributed by atoms with Crippen molar-refractivity contribution in [2.75, 3.05) is 11.8 Å². The first-order chi connectivity index (χ1) is 11.9. The second-order valence-electron chi connectivity index (χ2n) is 6.76. The molecule has 0 aliphatic heterocycles. The highest BCUT2D eigenvalue weighted by atomic mass is 32.2. The molecule has 142 valence electrons. The molecule has 8 heteroatoms. The molecule has 0 saturated carbocycles. The van der Waals surface area contributed by atoms with Crippen LogP contribution in [-0.4, -0.2) is 15.5 Å². The molecule has 0 aromatic heterocycles. The number of hydrogen-bond donors (Lipinski definition) is 1. The van der Waals surface area contributed by atoms with Gasteiger partial charge in [-0.05, 0) is 35.2 Å². The number of anilines is 1. The van der Waals surface area contributed by atoms with E-state index in [9.17, 15) is 21.6 Å². The minimum Gasteiger partial charge on any atom is -0.495 e. The first kappa shape index (κ1) is 20.1. The molecule has 0 radical (unpaired) electrons. The van der Waals surface area contributed by atoms with Crippen molar-refractivity contribution in [1.82, 2.24) is 0 Å². The molecule has 2 aromatic rings. The van der Waals surface area contributed by atoms with Crippen LogP contribution in [0.3, 0.4) is 0 Å². The number of methoxy groups -OCH3 is 1. The van der Waals surface area contributed by atoms with Crippen molar-refractivity contribution in [2.24, 2.45) is 0 Å². The molecule has 0 aliphatic rings. The van der Waals surface area contributed by atoms with E-state index in [0.29, 0.717) is 0 Å². The van der Waals surface area contributed by atoms with Gasteiger partial charge in [0.25, 0.3) is 10.0 Å². The van der Waals surface area contributed by atoms with Crippen LogP contribution in [-0.2, 0) is 21.6 Å². The summed E-state index contributed by atoms with van der Waals surface area (Å²) in [6, 6.07) is 8.96. The smallest absolute Gasteiger partial charge is 0.417 e. The second-order valence-corrected chi connectivity index (χ2v) is 8.42. The van der Waals surface area contributed by atoms with Gasteiger partial charge in [-0.1, -0.05) is 39.0 Å². The summed E-state index contributed by atoms with van der Waals surface area (Å²) in [4.78, 5) is -0.837. The quantitative estimate of drug-likeness (QED) is 0.819. The third-order valence-corrected chi connectivity index (χ3v) is 5.22. The fourth-order valence-corrected chi connectivity index (χ4v) is 3.68. The summed E-state index contributed by atoms with van der Waals surface area (Å²) in [5.41, 5.74) is -0.619. The van der Waals surface area contributed by atoms with Gasteiger partial charge in [-0.3, -0.25) is 4.72 Å². The Balaban J connectivity index is 2.55. The molecule has 0 atom stereocenters. The Bertz CT molecular complexity index is 901. The lowest BCUT2D eigenvalue weighted by molar-refractivity contribution is -0.139. The van der Waals surface area contributed by atoms with E-state index in [-0.39, 0.29) is 16.9 Å². The predicted octanol–water partition coefficient (Wildman–Crippen LogP) is 4.81. The summed E-state index contributed by atoms with van der Waals surface area (Å²) in [5, 5.41) is 0. The van der Waals surface area contributed by atoms with Gasteiger partial charge in [-0.2, -0.15) is 13.2 Å². The number of nitrogens with one attached hydrogen (secondary N) is 1. The third kappa shape index (κ3) is 4.30. The molecule has 0 heterocycles. The van der Waals surface area contributed by atoms with Crippen LogP contribution in [0.1, 0.15) is 31.9 Å². The van der Waals surface area contributed by atoms with Gasteiger partial charge in [0.2, 0.25) is 0 Å². The SMILES string of the molecule is COc1ccc(C(C)(C)C)cc1NS(=O)(=O)c1ccccc1C(F)(F)F. The molecule has 0 unspecified atom stereocenters. The number of alkyl halides is 3. The van der Waals surface area contributed by atoms with Crippen LogP contribution >= 0.6 is 0 Å². The summed E-state index contributed by atoms with van der Waals surface area (Å²) < 4.78 is 72.1. The maximum Gasteiger partial charge on any atom is 0.417 e. The molecule has 1 N–H and O–H groups in total. The van der Waals surface area contributed by atoms with Crippen molar-refractivity contribution >= 4 is 15.7 Å². The zero-order valence-corrected chi connectivity index (χ0v) is 15.6. The molecule has 0 spiro atoms. The Kier molecular flexibility index (Phi) is 5.28. The average Bonchev–Trinajstić information content (AvgIpc) is 2.53. The van der Waals surface area contributed by atoms with Crippen molar-refractivity contribution in [3.05, 3.63) is 53.6 Å². The van der Waals surface area contributed by atoms with Crippen molar-refractivity contribution in [2.45, 2.75) is 37.3 Å². The normalized spacial score (nSPS) is 12.7. The minimum atomic E-state index is -4.79. The molecular weight excluding hydrogens is 367 g/mol. The van der Waals surface area contributed by atoms with E-state index in [2.05, 4.69) is 4.72 Å². The average molecular weight is 387 g/mol. The number of benzene rings is 2.